The van der Waals surface area contributed by atoms with Crippen LogP contribution in [0.15, 0.2) is 48.5 Å². The number of amides is 1. The van der Waals surface area contributed by atoms with E-state index in [1.54, 1.807) is 19.2 Å². The lowest BCUT2D eigenvalue weighted by atomic mass is 10.0. The molecular formula is C24H26FN3O3S. The van der Waals surface area contributed by atoms with Gasteiger partial charge in [-0.25, -0.2) is 9.37 Å². The Bertz CT molecular complexity index is 1050. The fraction of sp³-hybridized carbons (Fsp3) is 0.333. The Morgan fingerprint density at radius 2 is 1.88 bits per heavy atom. The molecule has 1 amide bonds. The van der Waals surface area contributed by atoms with Gasteiger partial charge in [0.15, 0.2) is 0 Å². The molecule has 1 aliphatic heterocycles. The van der Waals surface area contributed by atoms with Crippen molar-refractivity contribution in [1.29, 1.82) is 0 Å². The van der Waals surface area contributed by atoms with E-state index in [4.69, 9.17) is 9.47 Å². The van der Waals surface area contributed by atoms with Crippen molar-refractivity contribution in [2.45, 2.75) is 13.0 Å². The van der Waals surface area contributed by atoms with Crippen molar-refractivity contribution in [1.82, 2.24) is 15.2 Å². The van der Waals surface area contributed by atoms with E-state index < -0.39 is 0 Å². The first-order valence-electron chi connectivity index (χ1n) is 10.5. The number of carbonyl (C=O) groups is 1. The average molecular weight is 456 g/mol. The summed E-state index contributed by atoms with van der Waals surface area (Å²) in [6.07, 6.45) is 0. The van der Waals surface area contributed by atoms with Gasteiger partial charge < -0.3 is 14.8 Å². The van der Waals surface area contributed by atoms with Crippen LogP contribution in [0.3, 0.4) is 0 Å². The van der Waals surface area contributed by atoms with Crippen LogP contribution in [0.5, 0.6) is 5.75 Å². The van der Waals surface area contributed by atoms with E-state index in [0.717, 1.165) is 30.0 Å². The number of halogens is 1. The molecular weight excluding hydrogens is 429 g/mol. The maximum absolute atomic E-state index is 13.2. The van der Waals surface area contributed by atoms with Crippen molar-refractivity contribution in [2.75, 3.05) is 40.0 Å². The van der Waals surface area contributed by atoms with E-state index in [-0.39, 0.29) is 17.8 Å². The molecule has 1 saturated heterocycles. The number of ether oxygens (including phenoxy) is 2. The third kappa shape index (κ3) is 5.15. The van der Waals surface area contributed by atoms with Crippen LogP contribution in [-0.2, 0) is 4.74 Å². The third-order valence-electron chi connectivity index (χ3n) is 5.54. The van der Waals surface area contributed by atoms with Crippen LogP contribution in [0, 0.1) is 12.7 Å². The van der Waals surface area contributed by atoms with Crippen LogP contribution in [0.25, 0.3) is 10.6 Å². The van der Waals surface area contributed by atoms with Gasteiger partial charge in [0.05, 0.1) is 32.1 Å². The predicted octanol–water partition coefficient (Wildman–Crippen LogP) is 4.07. The van der Waals surface area contributed by atoms with E-state index in [0.29, 0.717) is 35.3 Å². The van der Waals surface area contributed by atoms with Crippen LogP contribution in [-0.4, -0.2) is 55.7 Å². The molecule has 32 heavy (non-hydrogen) atoms. The van der Waals surface area contributed by atoms with Gasteiger partial charge >= 0.3 is 0 Å². The number of nitrogens with zero attached hydrogens (tertiary/aromatic N) is 2. The van der Waals surface area contributed by atoms with Gasteiger partial charge in [-0.1, -0.05) is 12.1 Å². The number of nitrogens with one attached hydrogen (secondary N) is 1. The van der Waals surface area contributed by atoms with Crippen molar-refractivity contribution in [3.8, 4) is 16.3 Å². The lowest BCUT2D eigenvalue weighted by Crippen LogP contribution is -2.43. The molecule has 0 aliphatic carbocycles. The van der Waals surface area contributed by atoms with Crippen molar-refractivity contribution < 1.29 is 18.7 Å². The summed E-state index contributed by atoms with van der Waals surface area (Å²) >= 11 is 1.32. The maximum atomic E-state index is 13.2. The molecule has 1 unspecified atom stereocenters. The summed E-state index contributed by atoms with van der Waals surface area (Å²) in [5.74, 6) is 0.347. The minimum atomic E-state index is -0.298. The lowest BCUT2D eigenvalue weighted by molar-refractivity contribution is 0.0162. The van der Waals surface area contributed by atoms with Crippen LogP contribution in [0.4, 0.5) is 4.39 Å². The highest BCUT2D eigenvalue weighted by molar-refractivity contribution is 7.17. The molecule has 1 N–H and O–H groups in total. The second-order valence-electron chi connectivity index (χ2n) is 7.59. The summed E-state index contributed by atoms with van der Waals surface area (Å²) in [5, 5.41) is 3.80. The minimum Gasteiger partial charge on any atom is -0.497 e. The quantitative estimate of drug-likeness (QED) is 0.582. The van der Waals surface area contributed by atoms with Gasteiger partial charge in [0.25, 0.3) is 5.91 Å². The van der Waals surface area contributed by atoms with Gasteiger partial charge in [-0.05, 0) is 48.9 Å². The molecule has 6 nitrogen and oxygen atoms in total. The molecule has 168 valence electrons. The van der Waals surface area contributed by atoms with Gasteiger partial charge in [-0.15, -0.1) is 11.3 Å². The number of carbonyl (C=O) groups excluding carboxylic acids is 1. The Labute approximate surface area is 191 Å². The Balaban J connectivity index is 1.49. The molecule has 0 spiro atoms. The number of thiazole rings is 1. The molecule has 2 heterocycles. The monoisotopic (exact) mass is 455 g/mol. The first-order chi connectivity index (χ1) is 15.5. The van der Waals surface area contributed by atoms with Gasteiger partial charge in [0.1, 0.15) is 21.5 Å². The van der Waals surface area contributed by atoms with Gasteiger partial charge in [-0.3, -0.25) is 9.69 Å². The van der Waals surface area contributed by atoms with Crippen molar-refractivity contribution in [2.24, 2.45) is 0 Å². The van der Waals surface area contributed by atoms with Crippen LogP contribution >= 0.6 is 11.3 Å². The molecule has 2 aromatic carbocycles. The molecule has 1 fully saturated rings. The number of aryl methyl sites for hydroxylation is 1. The van der Waals surface area contributed by atoms with Gasteiger partial charge in [0, 0.05) is 25.2 Å². The molecule has 1 atom stereocenters. The topological polar surface area (TPSA) is 63.7 Å². The van der Waals surface area contributed by atoms with Crippen LogP contribution in [0.1, 0.15) is 27.0 Å². The zero-order valence-corrected chi connectivity index (χ0v) is 19.0. The van der Waals surface area contributed by atoms with Crippen LogP contribution in [0.2, 0.25) is 0 Å². The summed E-state index contributed by atoms with van der Waals surface area (Å²) < 4.78 is 24.0. The number of benzene rings is 2. The van der Waals surface area contributed by atoms with Crippen molar-refractivity contribution in [3.05, 3.63) is 70.5 Å². The number of morpholine rings is 1. The zero-order valence-electron chi connectivity index (χ0n) is 18.1. The Morgan fingerprint density at radius 1 is 1.19 bits per heavy atom. The third-order valence-corrected chi connectivity index (χ3v) is 6.74. The number of methoxy groups -OCH3 is 1. The first kappa shape index (κ1) is 22.4. The fourth-order valence-corrected chi connectivity index (χ4v) is 4.75. The molecule has 0 bridgehead atoms. The summed E-state index contributed by atoms with van der Waals surface area (Å²) in [6.45, 7) is 5.25. The number of hydrogen-bond donors (Lipinski definition) is 1. The van der Waals surface area contributed by atoms with Crippen molar-refractivity contribution >= 4 is 17.2 Å². The normalized spacial score (nSPS) is 15.3. The fourth-order valence-electron chi connectivity index (χ4n) is 3.77. The van der Waals surface area contributed by atoms with E-state index in [2.05, 4.69) is 15.2 Å². The molecule has 8 heteroatoms. The predicted molar refractivity (Wildman–Crippen MR) is 123 cm³/mol. The smallest absolute Gasteiger partial charge is 0.263 e. The standard InChI is InChI=1S/C24H26FN3O3S/c1-16-22(32-24(27-16)18-3-7-19(25)8-4-18)23(29)26-15-21(28-11-13-31-14-12-28)17-5-9-20(30-2)10-6-17/h3-10,21H,11-15H2,1-2H3,(H,26,29). The van der Waals surface area contributed by atoms with E-state index in [9.17, 15) is 9.18 Å². The highest BCUT2D eigenvalue weighted by atomic mass is 32.1. The second-order valence-corrected chi connectivity index (χ2v) is 8.59. The summed E-state index contributed by atoms with van der Waals surface area (Å²) in [6, 6.07) is 14.1. The minimum absolute atomic E-state index is 0.0264. The van der Waals surface area contributed by atoms with E-state index >= 15 is 0 Å². The number of rotatable bonds is 7. The zero-order chi connectivity index (χ0) is 22.5. The van der Waals surface area contributed by atoms with E-state index in [1.807, 2.05) is 31.2 Å². The highest BCUT2D eigenvalue weighted by Gasteiger charge is 2.24. The number of hydrogen-bond acceptors (Lipinski definition) is 6. The molecule has 1 aromatic heterocycles. The Morgan fingerprint density at radius 3 is 2.53 bits per heavy atom. The summed E-state index contributed by atoms with van der Waals surface area (Å²) in [4.78, 5) is 20.4. The first-order valence-corrected chi connectivity index (χ1v) is 11.3. The maximum Gasteiger partial charge on any atom is 0.263 e. The molecule has 0 radical (unpaired) electrons. The lowest BCUT2D eigenvalue weighted by Gasteiger charge is -2.35. The highest BCUT2D eigenvalue weighted by Crippen LogP contribution is 2.29. The molecule has 4 rings (SSSR count). The SMILES string of the molecule is COc1ccc(C(CNC(=O)c2sc(-c3ccc(F)cc3)nc2C)N2CCOCC2)cc1. The largest absolute Gasteiger partial charge is 0.497 e. The van der Waals surface area contributed by atoms with Crippen LogP contribution < -0.4 is 10.1 Å². The molecule has 3 aromatic rings. The second kappa shape index (κ2) is 10.2. The number of aromatic nitrogens is 1. The van der Waals surface area contributed by atoms with E-state index in [1.165, 1.54) is 23.5 Å². The van der Waals surface area contributed by atoms with Gasteiger partial charge in [-0.2, -0.15) is 0 Å². The molecule has 0 saturated carbocycles. The summed E-state index contributed by atoms with van der Waals surface area (Å²) in [7, 11) is 1.65. The Kier molecular flexibility index (Phi) is 7.14. The van der Waals surface area contributed by atoms with Gasteiger partial charge in [0.2, 0.25) is 0 Å². The Hall–Kier alpha value is -2.81. The van der Waals surface area contributed by atoms with Crippen molar-refractivity contribution in [3.63, 3.8) is 0 Å². The molecule has 1 aliphatic rings. The average Bonchev–Trinajstić information content (AvgIpc) is 3.22. The summed E-state index contributed by atoms with van der Waals surface area (Å²) in [5.41, 5.74) is 2.57.